The zero-order chi connectivity index (χ0) is 19.8. The van der Waals surface area contributed by atoms with E-state index < -0.39 is 6.04 Å². The normalized spacial score (nSPS) is 11.8. The van der Waals surface area contributed by atoms with E-state index in [2.05, 4.69) is 15.8 Å². The molecule has 0 bridgehead atoms. The Kier molecular flexibility index (Phi) is 6.65. The number of carbonyl (C=O) groups excluding carboxylic acids is 1. The first kappa shape index (κ1) is 19.5. The molecule has 0 saturated heterocycles. The third kappa shape index (κ3) is 5.86. The lowest BCUT2D eigenvalue weighted by Gasteiger charge is -2.13. The maximum Gasteiger partial charge on any atom is 0.262 e. The summed E-state index contributed by atoms with van der Waals surface area (Å²) in [6.45, 7) is 1.76. The Morgan fingerprint density at radius 2 is 1.71 bits per heavy atom. The SMILES string of the molecule is CC(Nc1ccc(Cl)cc1)C(=O)N/N=C/c1cccc(Oc2ccccc2)c1. The van der Waals surface area contributed by atoms with Crippen LogP contribution in [0.2, 0.25) is 5.02 Å². The molecule has 1 atom stereocenters. The van der Waals surface area contributed by atoms with Gasteiger partial charge in [-0.2, -0.15) is 5.10 Å². The van der Waals surface area contributed by atoms with Gasteiger partial charge in [0.2, 0.25) is 0 Å². The molecule has 1 unspecified atom stereocenters. The third-order valence-electron chi connectivity index (χ3n) is 3.85. The van der Waals surface area contributed by atoms with Crippen LogP contribution in [0.15, 0.2) is 84.0 Å². The van der Waals surface area contributed by atoms with Crippen LogP contribution in [0.5, 0.6) is 11.5 Å². The second-order valence-corrected chi connectivity index (χ2v) is 6.53. The molecule has 0 fully saturated rings. The number of benzene rings is 3. The summed E-state index contributed by atoms with van der Waals surface area (Å²) in [5.41, 5.74) is 4.15. The van der Waals surface area contributed by atoms with Crippen molar-refractivity contribution in [3.8, 4) is 11.5 Å². The number of para-hydroxylation sites is 1. The Morgan fingerprint density at radius 1 is 1.00 bits per heavy atom. The number of ether oxygens (including phenoxy) is 1. The third-order valence-corrected chi connectivity index (χ3v) is 4.10. The van der Waals surface area contributed by atoms with E-state index >= 15 is 0 Å². The Bertz CT molecular complexity index is 944. The fourth-order valence-corrected chi connectivity index (χ4v) is 2.54. The predicted octanol–water partition coefficient (Wildman–Crippen LogP) is 5.08. The van der Waals surface area contributed by atoms with Crippen LogP contribution in [0.1, 0.15) is 12.5 Å². The highest BCUT2D eigenvalue weighted by atomic mass is 35.5. The highest BCUT2D eigenvalue weighted by molar-refractivity contribution is 6.30. The second-order valence-electron chi connectivity index (χ2n) is 6.09. The van der Waals surface area contributed by atoms with Gasteiger partial charge < -0.3 is 10.1 Å². The molecule has 0 aromatic heterocycles. The van der Waals surface area contributed by atoms with Gasteiger partial charge in [0.1, 0.15) is 17.5 Å². The number of carbonyl (C=O) groups is 1. The summed E-state index contributed by atoms with van der Waals surface area (Å²) in [5.74, 6) is 1.20. The Balaban J connectivity index is 1.54. The summed E-state index contributed by atoms with van der Waals surface area (Å²) in [5, 5.41) is 7.76. The first-order valence-corrected chi connectivity index (χ1v) is 9.16. The average molecular weight is 394 g/mol. The molecule has 3 rings (SSSR count). The second kappa shape index (κ2) is 9.58. The van der Waals surface area contributed by atoms with Crippen molar-refractivity contribution in [3.05, 3.63) is 89.4 Å². The predicted molar refractivity (Wildman–Crippen MR) is 113 cm³/mol. The first-order chi connectivity index (χ1) is 13.6. The van der Waals surface area contributed by atoms with Gasteiger partial charge in [0, 0.05) is 10.7 Å². The van der Waals surface area contributed by atoms with Crippen LogP contribution in [0, 0.1) is 0 Å². The number of hydrogen-bond donors (Lipinski definition) is 2. The molecular weight excluding hydrogens is 374 g/mol. The topological polar surface area (TPSA) is 62.7 Å². The van der Waals surface area contributed by atoms with Crippen molar-refractivity contribution in [2.45, 2.75) is 13.0 Å². The van der Waals surface area contributed by atoms with Crippen molar-refractivity contribution in [2.75, 3.05) is 5.32 Å². The number of hydrogen-bond acceptors (Lipinski definition) is 4. The fourth-order valence-electron chi connectivity index (χ4n) is 2.41. The van der Waals surface area contributed by atoms with Crippen LogP contribution in [0.25, 0.3) is 0 Å². The van der Waals surface area contributed by atoms with Gasteiger partial charge >= 0.3 is 0 Å². The summed E-state index contributed by atoms with van der Waals surface area (Å²) in [6.07, 6.45) is 1.57. The van der Waals surface area contributed by atoms with Crippen LogP contribution < -0.4 is 15.5 Å². The van der Waals surface area contributed by atoms with Gasteiger partial charge in [0.05, 0.1) is 6.21 Å². The van der Waals surface area contributed by atoms with E-state index in [1.165, 1.54) is 0 Å². The lowest BCUT2D eigenvalue weighted by molar-refractivity contribution is -0.121. The molecule has 28 heavy (non-hydrogen) atoms. The van der Waals surface area contributed by atoms with Gasteiger partial charge in [-0.05, 0) is 61.0 Å². The van der Waals surface area contributed by atoms with Crippen molar-refractivity contribution >= 4 is 29.4 Å². The Morgan fingerprint density at radius 3 is 2.46 bits per heavy atom. The minimum Gasteiger partial charge on any atom is -0.457 e. The highest BCUT2D eigenvalue weighted by Crippen LogP contribution is 2.21. The quantitative estimate of drug-likeness (QED) is 0.434. The van der Waals surface area contributed by atoms with Gasteiger partial charge in [-0.25, -0.2) is 5.43 Å². The number of rotatable bonds is 7. The van der Waals surface area contributed by atoms with Crippen LogP contribution in [0.3, 0.4) is 0 Å². The number of amides is 1. The number of halogens is 1. The van der Waals surface area contributed by atoms with Gasteiger partial charge in [0.15, 0.2) is 0 Å². The molecule has 1 amide bonds. The molecule has 3 aromatic rings. The molecule has 0 aliphatic carbocycles. The molecule has 0 spiro atoms. The molecule has 6 heteroatoms. The van der Waals surface area contributed by atoms with E-state index in [0.29, 0.717) is 10.8 Å². The lowest BCUT2D eigenvalue weighted by atomic mass is 10.2. The Labute approximate surface area is 169 Å². The standard InChI is InChI=1S/C22H20ClN3O2/c1-16(25-19-12-10-18(23)11-13-19)22(27)26-24-15-17-6-5-9-21(14-17)28-20-7-3-2-4-8-20/h2-16,25H,1H3,(H,26,27)/b24-15+. The number of anilines is 1. The van der Waals surface area contributed by atoms with Crippen molar-refractivity contribution in [1.82, 2.24) is 5.43 Å². The van der Waals surface area contributed by atoms with Crippen molar-refractivity contribution < 1.29 is 9.53 Å². The van der Waals surface area contributed by atoms with Gasteiger partial charge in [-0.3, -0.25) is 4.79 Å². The van der Waals surface area contributed by atoms with Gasteiger partial charge in [0.25, 0.3) is 5.91 Å². The van der Waals surface area contributed by atoms with Crippen LogP contribution in [-0.4, -0.2) is 18.2 Å². The van der Waals surface area contributed by atoms with Crippen molar-refractivity contribution in [2.24, 2.45) is 5.10 Å². The fraction of sp³-hybridized carbons (Fsp3) is 0.0909. The summed E-state index contributed by atoms with van der Waals surface area (Å²) >= 11 is 5.86. The van der Waals surface area contributed by atoms with Gasteiger partial charge in [-0.15, -0.1) is 0 Å². The molecule has 3 aromatic carbocycles. The summed E-state index contributed by atoms with van der Waals surface area (Å²) in [4.78, 5) is 12.2. The van der Waals surface area contributed by atoms with Crippen molar-refractivity contribution in [1.29, 1.82) is 0 Å². The van der Waals surface area contributed by atoms with E-state index in [0.717, 1.165) is 17.0 Å². The van der Waals surface area contributed by atoms with Crippen LogP contribution in [0.4, 0.5) is 5.69 Å². The summed E-state index contributed by atoms with van der Waals surface area (Å²) < 4.78 is 5.79. The molecule has 0 radical (unpaired) electrons. The lowest BCUT2D eigenvalue weighted by Crippen LogP contribution is -2.34. The molecule has 0 saturated carbocycles. The van der Waals surface area contributed by atoms with E-state index in [4.69, 9.17) is 16.3 Å². The largest absolute Gasteiger partial charge is 0.457 e. The molecule has 0 heterocycles. The minimum atomic E-state index is -0.453. The number of hydrazone groups is 1. The molecule has 0 aliphatic rings. The zero-order valence-corrected chi connectivity index (χ0v) is 16.1. The van der Waals surface area contributed by atoms with E-state index in [1.807, 2.05) is 66.7 Å². The molecule has 142 valence electrons. The van der Waals surface area contributed by atoms with E-state index in [9.17, 15) is 4.79 Å². The maximum atomic E-state index is 12.2. The molecule has 2 N–H and O–H groups in total. The summed E-state index contributed by atoms with van der Waals surface area (Å²) in [7, 11) is 0. The zero-order valence-electron chi connectivity index (χ0n) is 15.3. The smallest absolute Gasteiger partial charge is 0.262 e. The number of nitrogens with one attached hydrogen (secondary N) is 2. The van der Waals surface area contributed by atoms with Gasteiger partial charge in [-0.1, -0.05) is 41.9 Å². The van der Waals surface area contributed by atoms with E-state index in [-0.39, 0.29) is 5.91 Å². The van der Waals surface area contributed by atoms with Crippen molar-refractivity contribution in [3.63, 3.8) is 0 Å². The highest BCUT2D eigenvalue weighted by Gasteiger charge is 2.11. The summed E-state index contributed by atoms with van der Waals surface area (Å²) in [6, 6.07) is 23.7. The monoisotopic (exact) mass is 393 g/mol. The maximum absolute atomic E-state index is 12.2. The first-order valence-electron chi connectivity index (χ1n) is 8.78. The Hall–Kier alpha value is -3.31. The minimum absolute atomic E-state index is 0.247. The number of nitrogens with zero attached hydrogens (tertiary/aromatic N) is 1. The molecular formula is C22H20ClN3O2. The van der Waals surface area contributed by atoms with Crippen LogP contribution >= 0.6 is 11.6 Å². The average Bonchev–Trinajstić information content (AvgIpc) is 2.71. The van der Waals surface area contributed by atoms with E-state index in [1.54, 1.807) is 25.3 Å². The van der Waals surface area contributed by atoms with Crippen LogP contribution in [-0.2, 0) is 4.79 Å². The molecule has 0 aliphatic heterocycles. The molecule has 5 nitrogen and oxygen atoms in total.